The molecule has 1 aliphatic rings. The van der Waals surface area contributed by atoms with Crippen LogP contribution >= 0.6 is 0 Å². The predicted molar refractivity (Wildman–Crippen MR) is 90.3 cm³/mol. The summed E-state index contributed by atoms with van der Waals surface area (Å²) in [5.41, 5.74) is 7.50. The SMILES string of the molecule is CNC(=O)c1nc(-c2cccc(C(=O)NCC3CC3)c2)cnc1N. The van der Waals surface area contributed by atoms with Crippen LogP contribution in [0.1, 0.15) is 33.7 Å². The van der Waals surface area contributed by atoms with Crippen LogP contribution in [-0.4, -0.2) is 35.4 Å². The number of nitrogens with zero attached hydrogens (tertiary/aromatic N) is 2. The number of hydrogen-bond donors (Lipinski definition) is 3. The summed E-state index contributed by atoms with van der Waals surface area (Å²) in [5, 5.41) is 5.41. The van der Waals surface area contributed by atoms with Crippen LogP contribution < -0.4 is 16.4 Å². The maximum atomic E-state index is 12.2. The highest BCUT2D eigenvalue weighted by Crippen LogP contribution is 2.27. The van der Waals surface area contributed by atoms with E-state index in [4.69, 9.17) is 5.73 Å². The van der Waals surface area contributed by atoms with Gasteiger partial charge in [0, 0.05) is 24.7 Å². The standard InChI is InChI=1S/C17H19N5O2/c1-19-17(24)14-15(18)20-9-13(22-14)11-3-2-4-12(7-11)16(23)21-8-10-5-6-10/h2-4,7,9-10H,5-6,8H2,1H3,(H2,18,20)(H,19,24)(H,21,23). The molecule has 0 bridgehead atoms. The normalized spacial score (nSPS) is 13.4. The number of rotatable bonds is 5. The molecule has 1 aromatic heterocycles. The van der Waals surface area contributed by atoms with Crippen LogP contribution in [0.15, 0.2) is 30.5 Å². The van der Waals surface area contributed by atoms with Gasteiger partial charge >= 0.3 is 0 Å². The van der Waals surface area contributed by atoms with Crippen molar-refractivity contribution in [2.75, 3.05) is 19.3 Å². The second-order valence-electron chi connectivity index (χ2n) is 5.80. The smallest absolute Gasteiger partial charge is 0.273 e. The third-order valence-electron chi connectivity index (χ3n) is 3.91. The van der Waals surface area contributed by atoms with Crippen LogP contribution in [0.2, 0.25) is 0 Å². The van der Waals surface area contributed by atoms with Gasteiger partial charge in [-0.2, -0.15) is 0 Å². The largest absolute Gasteiger partial charge is 0.382 e. The maximum Gasteiger partial charge on any atom is 0.273 e. The van der Waals surface area contributed by atoms with E-state index in [0.717, 1.165) is 0 Å². The van der Waals surface area contributed by atoms with E-state index in [0.29, 0.717) is 29.3 Å². The van der Waals surface area contributed by atoms with Gasteiger partial charge in [0.2, 0.25) is 0 Å². The Hall–Kier alpha value is -2.96. The number of anilines is 1. The molecule has 0 spiro atoms. The van der Waals surface area contributed by atoms with E-state index in [1.54, 1.807) is 18.2 Å². The van der Waals surface area contributed by atoms with Crippen molar-refractivity contribution in [3.05, 3.63) is 41.7 Å². The second kappa shape index (κ2) is 6.66. The summed E-state index contributed by atoms with van der Waals surface area (Å²) in [6.45, 7) is 0.714. The molecule has 2 amide bonds. The minimum absolute atomic E-state index is 0.0661. The zero-order chi connectivity index (χ0) is 17.1. The van der Waals surface area contributed by atoms with Crippen LogP contribution in [-0.2, 0) is 0 Å². The summed E-state index contributed by atoms with van der Waals surface area (Å²) in [7, 11) is 1.50. The Kier molecular flexibility index (Phi) is 4.41. The number of carbonyl (C=O) groups is 2. The van der Waals surface area contributed by atoms with E-state index in [9.17, 15) is 9.59 Å². The number of amides is 2. The number of nitrogens with two attached hydrogens (primary N) is 1. The van der Waals surface area contributed by atoms with Gasteiger partial charge in [-0.25, -0.2) is 9.97 Å². The van der Waals surface area contributed by atoms with E-state index in [1.165, 1.54) is 26.1 Å². The molecule has 1 saturated carbocycles. The molecule has 1 aromatic carbocycles. The third kappa shape index (κ3) is 3.51. The number of benzene rings is 1. The van der Waals surface area contributed by atoms with Crippen LogP contribution in [0.5, 0.6) is 0 Å². The summed E-state index contributed by atoms with van der Waals surface area (Å²) in [4.78, 5) is 32.3. The molecule has 1 heterocycles. The number of nitrogens with one attached hydrogen (secondary N) is 2. The Morgan fingerprint density at radius 2 is 2.08 bits per heavy atom. The molecule has 7 heteroatoms. The fourth-order valence-corrected chi connectivity index (χ4v) is 2.30. The van der Waals surface area contributed by atoms with Crippen molar-refractivity contribution in [3.63, 3.8) is 0 Å². The Labute approximate surface area is 139 Å². The van der Waals surface area contributed by atoms with E-state index in [2.05, 4.69) is 20.6 Å². The lowest BCUT2D eigenvalue weighted by molar-refractivity contribution is 0.0946. The highest BCUT2D eigenvalue weighted by atomic mass is 16.2. The van der Waals surface area contributed by atoms with Crippen LogP contribution in [0, 0.1) is 5.92 Å². The highest BCUT2D eigenvalue weighted by molar-refractivity contribution is 5.97. The number of aromatic nitrogens is 2. The minimum Gasteiger partial charge on any atom is -0.382 e. The summed E-state index contributed by atoms with van der Waals surface area (Å²) >= 11 is 0. The van der Waals surface area contributed by atoms with Gasteiger partial charge in [-0.3, -0.25) is 9.59 Å². The molecule has 0 unspecified atom stereocenters. The van der Waals surface area contributed by atoms with Gasteiger partial charge in [0.1, 0.15) is 0 Å². The Bertz CT molecular complexity index is 786. The first-order chi connectivity index (χ1) is 11.6. The van der Waals surface area contributed by atoms with Crippen molar-refractivity contribution in [2.45, 2.75) is 12.8 Å². The molecule has 0 atom stereocenters. The maximum absolute atomic E-state index is 12.2. The molecule has 7 nitrogen and oxygen atoms in total. The molecule has 1 fully saturated rings. The third-order valence-corrected chi connectivity index (χ3v) is 3.91. The lowest BCUT2D eigenvalue weighted by Crippen LogP contribution is -2.25. The van der Waals surface area contributed by atoms with Crippen LogP contribution in [0.4, 0.5) is 5.82 Å². The summed E-state index contributed by atoms with van der Waals surface area (Å²) in [5.74, 6) is 0.172. The van der Waals surface area contributed by atoms with E-state index < -0.39 is 5.91 Å². The lowest BCUT2D eigenvalue weighted by atomic mass is 10.1. The molecule has 0 saturated heterocycles. The van der Waals surface area contributed by atoms with Crippen molar-refractivity contribution >= 4 is 17.6 Å². The van der Waals surface area contributed by atoms with Gasteiger partial charge < -0.3 is 16.4 Å². The van der Waals surface area contributed by atoms with Crippen molar-refractivity contribution in [1.82, 2.24) is 20.6 Å². The topological polar surface area (TPSA) is 110 Å². The Morgan fingerprint density at radius 1 is 1.29 bits per heavy atom. The van der Waals surface area contributed by atoms with E-state index in [-0.39, 0.29) is 17.4 Å². The van der Waals surface area contributed by atoms with E-state index >= 15 is 0 Å². The van der Waals surface area contributed by atoms with Crippen molar-refractivity contribution < 1.29 is 9.59 Å². The highest BCUT2D eigenvalue weighted by Gasteiger charge is 2.22. The monoisotopic (exact) mass is 325 g/mol. The molecule has 24 heavy (non-hydrogen) atoms. The van der Waals surface area contributed by atoms with Gasteiger partial charge in [-0.1, -0.05) is 12.1 Å². The minimum atomic E-state index is -0.403. The Balaban J connectivity index is 1.85. The van der Waals surface area contributed by atoms with Gasteiger partial charge in [0.05, 0.1) is 11.9 Å². The molecule has 124 valence electrons. The first-order valence-corrected chi connectivity index (χ1v) is 7.81. The zero-order valence-electron chi connectivity index (χ0n) is 13.4. The van der Waals surface area contributed by atoms with E-state index in [1.807, 2.05) is 6.07 Å². The first-order valence-electron chi connectivity index (χ1n) is 7.81. The summed E-state index contributed by atoms with van der Waals surface area (Å²) in [6, 6.07) is 7.07. The average molecular weight is 325 g/mol. The first kappa shape index (κ1) is 15.9. The van der Waals surface area contributed by atoms with Gasteiger partial charge in [-0.05, 0) is 30.9 Å². The molecular weight excluding hydrogens is 306 g/mol. The molecule has 2 aromatic rings. The quantitative estimate of drug-likeness (QED) is 0.766. The number of nitrogen functional groups attached to an aromatic ring is 1. The lowest BCUT2D eigenvalue weighted by Gasteiger charge is -2.08. The second-order valence-corrected chi connectivity index (χ2v) is 5.80. The van der Waals surface area contributed by atoms with Crippen LogP contribution in [0.3, 0.4) is 0 Å². The van der Waals surface area contributed by atoms with Crippen molar-refractivity contribution in [3.8, 4) is 11.3 Å². The molecule has 0 aliphatic heterocycles. The van der Waals surface area contributed by atoms with Crippen molar-refractivity contribution in [2.24, 2.45) is 5.92 Å². The fourth-order valence-electron chi connectivity index (χ4n) is 2.30. The number of carbonyl (C=O) groups excluding carboxylic acids is 2. The molecule has 3 rings (SSSR count). The van der Waals surface area contributed by atoms with Gasteiger partial charge in [-0.15, -0.1) is 0 Å². The molecule has 4 N–H and O–H groups in total. The number of hydrogen-bond acceptors (Lipinski definition) is 5. The molecule has 0 radical (unpaired) electrons. The summed E-state index contributed by atoms with van der Waals surface area (Å²) < 4.78 is 0. The summed E-state index contributed by atoms with van der Waals surface area (Å²) in [6.07, 6.45) is 3.86. The zero-order valence-corrected chi connectivity index (χ0v) is 13.4. The Morgan fingerprint density at radius 3 is 2.79 bits per heavy atom. The fraction of sp³-hybridized carbons (Fsp3) is 0.294. The van der Waals surface area contributed by atoms with Crippen molar-refractivity contribution in [1.29, 1.82) is 0 Å². The molecular formula is C17H19N5O2. The van der Waals surface area contributed by atoms with Crippen LogP contribution in [0.25, 0.3) is 11.3 Å². The average Bonchev–Trinajstić information content (AvgIpc) is 3.44. The van der Waals surface area contributed by atoms with Gasteiger partial charge in [0.25, 0.3) is 11.8 Å². The molecule has 1 aliphatic carbocycles. The van der Waals surface area contributed by atoms with Gasteiger partial charge in [0.15, 0.2) is 11.5 Å². The predicted octanol–water partition coefficient (Wildman–Crippen LogP) is 1.23.